The minimum absolute atomic E-state index is 0.440. The molecule has 0 atom stereocenters. The highest BCUT2D eigenvalue weighted by Gasteiger charge is 2.20. The molecule has 0 saturated carbocycles. The monoisotopic (exact) mass is 426 g/mol. The van der Waals surface area contributed by atoms with Gasteiger partial charge in [-0.3, -0.25) is 9.36 Å². The molecule has 0 spiro atoms. The maximum Gasteiger partial charge on any atom is 0.249 e. The van der Waals surface area contributed by atoms with Crippen molar-refractivity contribution in [2.24, 2.45) is 5.73 Å². The van der Waals surface area contributed by atoms with Crippen LogP contribution < -0.4 is 16.4 Å². The van der Waals surface area contributed by atoms with Crippen molar-refractivity contribution in [2.75, 3.05) is 17.2 Å². The van der Waals surface area contributed by atoms with E-state index in [-0.39, 0.29) is 0 Å². The Morgan fingerprint density at radius 1 is 1.12 bits per heavy atom. The van der Waals surface area contributed by atoms with Gasteiger partial charge in [0.1, 0.15) is 0 Å². The van der Waals surface area contributed by atoms with Gasteiger partial charge < -0.3 is 16.4 Å². The lowest BCUT2D eigenvalue weighted by atomic mass is 10.1. The largest absolute Gasteiger partial charge is 0.381 e. The number of hydrogen-bond donors (Lipinski definition) is 3. The van der Waals surface area contributed by atoms with Gasteiger partial charge in [0.25, 0.3) is 0 Å². The van der Waals surface area contributed by atoms with Crippen molar-refractivity contribution >= 4 is 28.3 Å². The number of amides is 1. The molecule has 0 radical (unpaired) electrons. The second kappa shape index (κ2) is 8.34. The molecule has 2 aromatic carbocycles. The molecule has 162 valence electrons. The van der Waals surface area contributed by atoms with Crippen LogP contribution in [0.25, 0.3) is 16.9 Å². The lowest BCUT2D eigenvalue weighted by Crippen LogP contribution is -2.14. The highest BCUT2D eigenvalue weighted by Crippen LogP contribution is 2.31. The minimum Gasteiger partial charge on any atom is -0.381 e. The number of rotatable bonds is 5. The van der Waals surface area contributed by atoms with Gasteiger partial charge in [0.05, 0.1) is 16.9 Å². The zero-order valence-corrected chi connectivity index (χ0v) is 18.1. The van der Waals surface area contributed by atoms with Crippen molar-refractivity contribution < 1.29 is 4.79 Å². The molecule has 7 heteroatoms. The average Bonchev–Trinajstić information content (AvgIpc) is 2.96. The van der Waals surface area contributed by atoms with Crippen LogP contribution in [0.1, 0.15) is 40.2 Å². The van der Waals surface area contributed by atoms with E-state index in [2.05, 4.69) is 22.8 Å². The fourth-order valence-electron chi connectivity index (χ4n) is 4.34. The first-order valence-corrected chi connectivity index (χ1v) is 11.0. The third-order valence-electron chi connectivity index (χ3n) is 5.91. The van der Waals surface area contributed by atoms with Crippen molar-refractivity contribution in [2.45, 2.75) is 32.7 Å². The number of carbonyl (C=O) groups excluding carboxylic acids is 1. The number of aryl methyl sites for hydroxylation is 2. The van der Waals surface area contributed by atoms with Crippen LogP contribution in [0.5, 0.6) is 0 Å². The maximum atomic E-state index is 11.9. The van der Waals surface area contributed by atoms with E-state index in [0.717, 1.165) is 59.6 Å². The fourth-order valence-corrected chi connectivity index (χ4v) is 4.34. The second-order valence-electron chi connectivity index (χ2n) is 8.14. The normalized spacial score (nSPS) is 13.3. The Labute approximate surface area is 186 Å². The molecule has 1 aliphatic rings. The average molecular weight is 427 g/mol. The number of carbonyl (C=O) groups is 1. The van der Waals surface area contributed by atoms with Gasteiger partial charge in [-0.2, -0.15) is 4.98 Å². The van der Waals surface area contributed by atoms with E-state index < -0.39 is 5.91 Å². The molecule has 0 unspecified atom stereocenters. The summed E-state index contributed by atoms with van der Waals surface area (Å²) >= 11 is 0. The maximum absolute atomic E-state index is 11.9. The van der Waals surface area contributed by atoms with Crippen LogP contribution in [0.2, 0.25) is 0 Å². The van der Waals surface area contributed by atoms with Gasteiger partial charge in [-0.05, 0) is 49.9 Å². The van der Waals surface area contributed by atoms with Crippen LogP contribution in [0.15, 0.2) is 54.6 Å². The molecule has 4 N–H and O–H groups in total. The molecule has 1 amide bonds. The van der Waals surface area contributed by atoms with Gasteiger partial charge >= 0.3 is 0 Å². The van der Waals surface area contributed by atoms with Gasteiger partial charge in [0.15, 0.2) is 5.82 Å². The van der Waals surface area contributed by atoms with Crippen LogP contribution >= 0.6 is 0 Å². The summed E-state index contributed by atoms with van der Waals surface area (Å²) in [4.78, 5) is 21.8. The van der Waals surface area contributed by atoms with E-state index >= 15 is 0 Å². The first-order chi connectivity index (χ1) is 15.6. The molecule has 0 saturated heterocycles. The Bertz CT molecular complexity index is 1300. The standard InChI is InChI=1S/C25H26N6O/c1-16-14-19-18(23(26)32)10-7-12-21(19)31(16)25-29-20-11-5-6-13-27-22(20)24(30-25)28-15-17-8-3-2-4-9-17/h2-4,7-10,12,14,27H,5-6,11,13,15H2,1H3,(H2,26,32)(H,28,29,30). The van der Waals surface area contributed by atoms with Crippen LogP contribution in [0, 0.1) is 6.92 Å². The highest BCUT2D eigenvalue weighted by atomic mass is 16.1. The summed E-state index contributed by atoms with van der Waals surface area (Å²) in [6.07, 6.45) is 3.06. The third kappa shape index (κ3) is 3.66. The first-order valence-electron chi connectivity index (χ1n) is 11.0. The summed E-state index contributed by atoms with van der Waals surface area (Å²) in [6.45, 7) is 3.57. The quantitative estimate of drug-likeness (QED) is 0.445. The lowest BCUT2D eigenvalue weighted by molar-refractivity contribution is 0.100. The Hall–Kier alpha value is -3.87. The zero-order valence-electron chi connectivity index (χ0n) is 18.1. The lowest BCUT2D eigenvalue weighted by Gasteiger charge is -2.17. The summed E-state index contributed by atoms with van der Waals surface area (Å²) in [6, 6.07) is 17.8. The topological polar surface area (TPSA) is 97.9 Å². The Morgan fingerprint density at radius 3 is 2.78 bits per heavy atom. The van der Waals surface area contributed by atoms with Crippen molar-refractivity contribution in [3.05, 3.63) is 77.1 Å². The number of fused-ring (bicyclic) bond motifs is 2. The van der Waals surface area contributed by atoms with E-state index in [1.54, 1.807) is 6.07 Å². The summed E-state index contributed by atoms with van der Waals surface area (Å²) in [5.41, 5.74) is 11.1. The van der Waals surface area contributed by atoms with E-state index in [4.69, 9.17) is 15.7 Å². The number of aromatic nitrogens is 3. The van der Waals surface area contributed by atoms with Crippen LogP contribution in [-0.4, -0.2) is 27.0 Å². The zero-order chi connectivity index (χ0) is 22.1. The second-order valence-corrected chi connectivity index (χ2v) is 8.14. The molecule has 1 aliphatic heterocycles. The van der Waals surface area contributed by atoms with Crippen LogP contribution in [-0.2, 0) is 13.0 Å². The van der Waals surface area contributed by atoms with Gasteiger partial charge in [0, 0.05) is 29.7 Å². The smallest absolute Gasteiger partial charge is 0.249 e. The van der Waals surface area contributed by atoms with Crippen molar-refractivity contribution in [3.8, 4) is 5.95 Å². The molecule has 3 heterocycles. The van der Waals surface area contributed by atoms with E-state index in [9.17, 15) is 4.79 Å². The molecule has 7 nitrogen and oxygen atoms in total. The Kier molecular flexibility index (Phi) is 5.23. The van der Waals surface area contributed by atoms with E-state index in [1.807, 2.05) is 47.9 Å². The molecule has 32 heavy (non-hydrogen) atoms. The number of nitrogens with two attached hydrogens (primary N) is 1. The van der Waals surface area contributed by atoms with Gasteiger partial charge in [-0.15, -0.1) is 0 Å². The Morgan fingerprint density at radius 2 is 1.97 bits per heavy atom. The van der Waals surface area contributed by atoms with Gasteiger partial charge in [0.2, 0.25) is 11.9 Å². The van der Waals surface area contributed by atoms with Gasteiger partial charge in [-0.1, -0.05) is 36.4 Å². The minimum atomic E-state index is -0.440. The number of nitrogens with one attached hydrogen (secondary N) is 2. The molecule has 0 bridgehead atoms. The molecule has 0 fully saturated rings. The molecule has 0 aliphatic carbocycles. The van der Waals surface area contributed by atoms with Crippen molar-refractivity contribution in [1.82, 2.24) is 14.5 Å². The van der Waals surface area contributed by atoms with Gasteiger partial charge in [-0.25, -0.2) is 4.98 Å². The number of hydrogen-bond acceptors (Lipinski definition) is 5. The summed E-state index contributed by atoms with van der Waals surface area (Å²) in [5.74, 6) is 0.949. The molecule has 4 aromatic rings. The molecule has 5 rings (SSSR count). The molecule has 2 aromatic heterocycles. The first kappa shape index (κ1) is 20.1. The summed E-state index contributed by atoms with van der Waals surface area (Å²) in [5, 5.41) is 7.85. The molecular formula is C25H26N6O. The molecular weight excluding hydrogens is 400 g/mol. The highest BCUT2D eigenvalue weighted by molar-refractivity contribution is 6.06. The summed E-state index contributed by atoms with van der Waals surface area (Å²) < 4.78 is 2.00. The van der Waals surface area contributed by atoms with Crippen molar-refractivity contribution in [3.63, 3.8) is 0 Å². The predicted molar refractivity (Wildman–Crippen MR) is 127 cm³/mol. The van der Waals surface area contributed by atoms with Crippen molar-refractivity contribution in [1.29, 1.82) is 0 Å². The number of benzene rings is 2. The summed E-state index contributed by atoms with van der Waals surface area (Å²) in [7, 11) is 0. The van der Waals surface area contributed by atoms with E-state index in [1.165, 1.54) is 5.56 Å². The number of anilines is 2. The third-order valence-corrected chi connectivity index (χ3v) is 5.91. The SMILES string of the molecule is Cc1cc2c(C(N)=O)cccc2n1-c1nc2c(c(NCc3ccccc3)n1)NCCCC2. The Balaban J connectivity index is 1.63. The van der Waals surface area contributed by atoms with Crippen LogP contribution in [0.4, 0.5) is 11.5 Å². The number of nitrogens with zero attached hydrogens (tertiary/aromatic N) is 3. The number of primary amides is 1. The predicted octanol–water partition coefficient (Wildman–Crippen LogP) is 4.19. The van der Waals surface area contributed by atoms with Crippen LogP contribution in [0.3, 0.4) is 0 Å². The fraction of sp³-hybridized carbons (Fsp3) is 0.240. The van der Waals surface area contributed by atoms with E-state index in [0.29, 0.717) is 18.1 Å².